The highest BCUT2D eigenvalue weighted by Gasteiger charge is 2.37. The van der Waals surface area contributed by atoms with Gasteiger partial charge in [0.25, 0.3) is 0 Å². The van der Waals surface area contributed by atoms with E-state index in [1.807, 2.05) is 11.8 Å². The summed E-state index contributed by atoms with van der Waals surface area (Å²) in [6, 6.07) is 8.48. The summed E-state index contributed by atoms with van der Waals surface area (Å²) in [6.45, 7) is 3.34. The van der Waals surface area contributed by atoms with Gasteiger partial charge >= 0.3 is 0 Å². The van der Waals surface area contributed by atoms with E-state index in [1.54, 1.807) is 0 Å². The highest BCUT2D eigenvalue weighted by atomic mass is 32.2. The van der Waals surface area contributed by atoms with Crippen LogP contribution in [0.2, 0.25) is 0 Å². The Morgan fingerprint density at radius 2 is 2.24 bits per heavy atom. The first kappa shape index (κ1) is 12.9. The lowest BCUT2D eigenvalue weighted by atomic mass is 9.93. The Morgan fingerprint density at radius 1 is 1.41 bits per heavy atom. The topological polar surface area (TPSA) is 32.3 Å². The molecule has 1 aromatic rings. The number of aryl methyl sites for hydroxylation is 1. The minimum atomic E-state index is -0.190. The first-order valence-electron chi connectivity index (χ1n) is 6.34. The fourth-order valence-corrected chi connectivity index (χ4v) is 3.13. The van der Waals surface area contributed by atoms with Gasteiger partial charge in [0.15, 0.2) is 0 Å². The molecule has 2 N–H and O–H groups in total. The van der Waals surface area contributed by atoms with Crippen LogP contribution in [0.15, 0.2) is 24.3 Å². The summed E-state index contributed by atoms with van der Waals surface area (Å²) in [4.78, 5) is 0. The van der Waals surface area contributed by atoms with Crippen molar-refractivity contribution in [2.24, 2.45) is 0 Å². The lowest BCUT2D eigenvalue weighted by Gasteiger charge is -2.29. The zero-order chi connectivity index (χ0) is 12.1. The standard InChI is InChI=1S/C14H21NOS/c1-2-17-10-9-15-14(11-16)8-7-12-5-3-4-6-13(12)14/h3-6,15-16H,2,7-11H2,1H3. The van der Waals surface area contributed by atoms with Crippen molar-refractivity contribution < 1.29 is 5.11 Å². The van der Waals surface area contributed by atoms with Crippen LogP contribution >= 0.6 is 11.8 Å². The number of aliphatic hydroxyl groups is 1. The van der Waals surface area contributed by atoms with Crippen molar-refractivity contribution in [3.63, 3.8) is 0 Å². The molecule has 94 valence electrons. The number of thioether (sulfide) groups is 1. The van der Waals surface area contributed by atoms with Gasteiger partial charge in [-0.2, -0.15) is 11.8 Å². The van der Waals surface area contributed by atoms with Gasteiger partial charge in [-0.1, -0.05) is 31.2 Å². The van der Waals surface area contributed by atoms with Gasteiger partial charge in [0.05, 0.1) is 12.1 Å². The molecule has 0 heterocycles. The highest BCUT2D eigenvalue weighted by molar-refractivity contribution is 7.99. The van der Waals surface area contributed by atoms with Crippen LogP contribution in [-0.4, -0.2) is 29.8 Å². The van der Waals surface area contributed by atoms with Crippen molar-refractivity contribution in [2.75, 3.05) is 24.7 Å². The third-order valence-corrected chi connectivity index (χ3v) is 4.44. The molecule has 17 heavy (non-hydrogen) atoms. The molecule has 1 unspecified atom stereocenters. The molecule has 0 saturated carbocycles. The molecule has 3 heteroatoms. The van der Waals surface area contributed by atoms with E-state index in [0.29, 0.717) is 0 Å². The number of fused-ring (bicyclic) bond motifs is 1. The van der Waals surface area contributed by atoms with Crippen LogP contribution in [0.3, 0.4) is 0 Å². The van der Waals surface area contributed by atoms with Crippen LogP contribution < -0.4 is 5.32 Å². The summed E-state index contributed by atoms with van der Waals surface area (Å²) in [5.41, 5.74) is 2.49. The number of hydrogen-bond acceptors (Lipinski definition) is 3. The van der Waals surface area contributed by atoms with E-state index < -0.39 is 0 Å². The normalized spacial score (nSPS) is 22.7. The molecular weight excluding hydrogens is 230 g/mol. The molecule has 1 aliphatic rings. The molecule has 0 aromatic heterocycles. The molecule has 2 nitrogen and oxygen atoms in total. The predicted octanol–water partition coefficient (Wildman–Crippen LogP) is 2.16. The molecule has 1 aromatic carbocycles. The number of nitrogens with one attached hydrogen (secondary N) is 1. The van der Waals surface area contributed by atoms with Gasteiger partial charge in [-0.05, 0) is 29.7 Å². The van der Waals surface area contributed by atoms with Crippen molar-refractivity contribution in [1.82, 2.24) is 5.32 Å². The van der Waals surface area contributed by atoms with E-state index in [2.05, 4.69) is 36.5 Å². The summed E-state index contributed by atoms with van der Waals surface area (Å²) in [5, 5.41) is 13.3. The van der Waals surface area contributed by atoms with Gasteiger partial charge < -0.3 is 10.4 Å². The summed E-state index contributed by atoms with van der Waals surface area (Å²) >= 11 is 1.94. The first-order valence-corrected chi connectivity index (χ1v) is 7.50. The fraction of sp³-hybridized carbons (Fsp3) is 0.571. The minimum absolute atomic E-state index is 0.190. The largest absolute Gasteiger partial charge is 0.394 e. The molecule has 0 fully saturated rings. The first-order chi connectivity index (χ1) is 8.32. The molecule has 0 spiro atoms. The van der Waals surface area contributed by atoms with Gasteiger partial charge in [0.2, 0.25) is 0 Å². The van der Waals surface area contributed by atoms with E-state index in [9.17, 15) is 5.11 Å². The molecule has 1 aliphatic carbocycles. The van der Waals surface area contributed by atoms with Gasteiger partial charge in [-0.15, -0.1) is 0 Å². The molecule has 0 aliphatic heterocycles. The maximum Gasteiger partial charge on any atom is 0.0675 e. The Bertz CT molecular complexity index is 369. The Labute approximate surface area is 108 Å². The lowest BCUT2D eigenvalue weighted by Crippen LogP contribution is -2.44. The highest BCUT2D eigenvalue weighted by Crippen LogP contribution is 2.36. The molecule has 0 amide bonds. The van der Waals surface area contributed by atoms with E-state index >= 15 is 0 Å². The average molecular weight is 251 g/mol. The molecule has 0 saturated heterocycles. The van der Waals surface area contributed by atoms with Crippen molar-refractivity contribution in [3.05, 3.63) is 35.4 Å². The monoisotopic (exact) mass is 251 g/mol. The Hall–Kier alpha value is -0.510. The van der Waals surface area contributed by atoms with Crippen molar-refractivity contribution in [1.29, 1.82) is 0 Å². The fourth-order valence-electron chi connectivity index (χ4n) is 2.60. The molecule has 2 rings (SSSR count). The minimum Gasteiger partial charge on any atom is -0.394 e. The Balaban J connectivity index is 2.06. The second-order valence-corrected chi connectivity index (χ2v) is 5.91. The number of aliphatic hydroxyl groups excluding tert-OH is 1. The zero-order valence-electron chi connectivity index (χ0n) is 10.4. The van der Waals surface area contributed by atoms with Gasteiger partial charge in [0.1, 0.15) is 0 Å². The molecule has 1 atom stereocenters. The molecule has 0 radical (unpaired) electrons. The van der Waals surface area contributed by atoms with Gasteiger partial charge in [0, 0.05) is 12.3 Å². The average Bonchev–Trinajstić information content (AvgIpc) is 2.75. The second kappa shape index (κ2) is 5.89. The smallest absolute Gasteiger partial charge is 0.0675 e. The van der Waals surface area contributed by atoms with E-state index in [4.69, 9.17) is 0 Å². The van der Waals surface area contributed by atoms with Gasteiger partial charge in [-0.3, -0.25) is 0 Å². The van der Waals surface area contributed by atoms with E-state index in [1.165, 1.54) is 11.1 Å². The summed E-state index contributed by atoms with van der Waals surface area (Å²) < 4.78 is 0. The number of rotatable bonds is 6. The van der Waals surface area contributed by atoms with Crippen LogP contribution in [0, 0.1) is 0 Å². The van der Waals surface area contributed by atoms with Crippen LogP contribution in [0.5, 0.6) is 0 Å². The van der Waals surface area contributed by atoms with Crippen LogP contribution in [0.4, 0.5) is 0 Å². The SMILES string of the molecule is CCSCCNC1(CO)CCc2ccccc21. The number of hydrogen-bond donors (Lipinski definition) is 2. The maximum absolute atomic E-state index is 9.75. The summed E-state index contributed by atoms with van der Waals surface area (Å²) in [5.74, 6) is 2.27. The third kappa shape index (κ3) is 2.67. The molecule has 0 bridgehead atoms. The zero-order valence-corrected chi connectivity index (χ0v) is 11.2. The van der Waals surface area contributed by atoms with E-state index in [-0.39, 0.29) is 12.1 Å². The van der Waals surface area contributed by atoms with Crippen LogP contribution in [-0.2, 0) is 12.0 Å². The van der Waals surface area contributed by atoms with Crippen LogP contribution in [0.1, 0.15) is 24.5 Å². The van der Waals surface area contributed by atoms with Crippen molar-refractivity contribution >= 4 is 11.8 Å². The maximum atomic E-state index is 9.75. The van der Waals surface area contributed by atoms with Gasteiger partial charge in [-0.25, -0.2) is 0 Å². The van der Waals surface area contributed by atoms with Crippen molar-refractivity contribution in [2.45, 2.75) is 25.3 Å². The van der Waals surface area contributed by atoms with Crippen molar-refractivity contribution in [3.8, 4) is 0 Å². The quantitative estimate of drug-likeness (QED) is 0.760. The summed E-state index contributed by atoms with van der Waals surface area (Å²) in [7, 11) is 0. The second-order valence-electron chi connectivity index (χ2n) is 4.52. The van der Waals surface area contributed by atoms with Crippen LogP contribution in [0.25, 0.3) is 0 Å². The Morgan fingerprint density at radius 3 is 3.00 bits per heavy atom. The van der Waals surface area contributed by atoms with E-state index in [0.717, 1.165) is 30.9 Å². The number of benzene rings is 1. The lowest BCUT2D eigenvalue weighted by molar-refractivity contribution is 0.163. The molecular formula is C14H21NOS. The summed E-state index contributed by atoms with van der Waals surface area (Å²) in [6.07, 6.45) is 2.09. The predicted molar refractivity (Wildman–Crippen MR) is 74.5 cm³/mol. The third-order valence-electron chi connectivity index (χ3n) is 3.54. The Kier molecular flexibility index (Phi) is 4.48.